The van der Waals surface area contributed by atoms with Crippen LogP contribution in [0.25, 0.3) is 11.4 Å². The van der Waals surface area contributed by atoms with E-state index in [9.17, 15) is 19.5 Å². The highest BCUT2D eigenvalue weighted by Crippen LogP contribution is 2.32. The van der Waals surface area contributed by atoms with Crippen molar-refractivity contribution in [3.8, 4) is 11.4 Å². The van der Waals surface area contributed by atoms with Gasteiger partial charge in [0.05, 0.1) is 12.2 Å². The fourth-order valence-corrected chi connectivity index (χ4v) is 5.39. The van der Waals surface area contributed by atoms with E-state index in [-0.39, 0.29) is 41.7 Å². The van der Waals surface area contributed by atoms with Crippen LogP contribution in [0, 0.1) is 0 Å². The third-order valence-corrected chi connectivity index (χ3v) is 7.71. The van der Waals surface area contributed by atoms with Gasteiger partial charge >= 0.3 is 0 Å². The van der Waals surface area contributed by atoms with Gasteiger partial charge in [0.25, 0.3) is 11.8 Å². The molecule has 0 aromatic carbocycles. The number of hydrogen-bond donors (Lipinski definition) is 2. The number of nitrogens with one attached hydrogen (secondary N) is 1. The highest BCUT2D eigenvalue weighted by molar-refractivity contribution is 6.29. The molecule has 3 aromatic heterocycles. The molecule has 0 bridgehead atoms. The first-order chi connectivity index (χ1) is 20.8. The first kappa shape index (κ1) is 30.4. The number of hydrogen-bond acceptors (Lipinski definition) is 9. The average molecular weight is 611 g/mol. The van der Waals surface area contributed by atoms with Gasteiger partial charge in [-0.25, -0.2) is 15.0 Å². The van der Waals surface area contributed by atoms with Gasteiger partial charge in [-0.05, 0) is 43.5 Å². The van der Waals surface area contributed by atoms with Crippen LogP contribution in [-0.4, -0.2) is 105 Å². The second-order valence-electron chi connectivity index (χ2n) is 10.4. The second kappa shape index (κ2) is 13.5. The summed E-state index contributed by atoms with van der Waals surface area (Å²) in [7, 11) is 1.54. The lowest BCUT2D eigenvalue weighted by molar-refractivity contribution is -0.127. The molecule has 1 atom stereocenters. The molecule has 2 aliphatic heterocycles. The van der Waals surface area contributed by atoms with Crippen molar-refractivity contribution in [1.29, 1.82) is 0 Å². The number of aromatic amines is 1. The van der Waals surface area contributed by atoms with Crippen LogP contribution < -0.4 is 9.80 Å². The van der Waals surface area contributed by atoms with Crippen molar-refractivity contribution in [3.05, 3.63) is 53.1 Å². The molecule has 228 valence electrons. The lowest BCUT2D eigenvalue weighted by atomic mass is 10.2. The van der Waals surface area contributed by atoms with E-state index in [0.29, 0.717) is 61.1 Å². The number of carbonyl (C=O) groups excluding carboxylic acids is 3. The van der Waals surface area contributed by atoms with Crippen molar-refractivity contribution in [3.63, 3.8) is 0 Å². The van der Waals surface area contributed by atoms with Gasteiger partial charge in [0.15, 0.2) is 5.82 Å². The summed E-state index contributed by atoms with van der Waals surface area (Å²) < 4.78 is 5.12. The molecule has 2 aliphatic rings. The highest BCUT2D eigenvalue weighted by atomic mass is 35.5. The third-order valence-electron chi connectivity index (χ3n) is 7.49. The Morgan fingerprint density at radius 2 is 1.98 bits per heavy atom. The predicted octanol–water partition coefficient (Wildman–Crippen LogP) is 2.77. The van der Waals surface area contributed by atoms with Crippen molar-refractivity contribution in [2.75, 3.05) is 56.2 Å². The topological polar surface area (TPSA) is 148 Å². The number of ether oxygens (including phenoxy) is 1. The molecule has 1 saturated heterocycles. The summed E-state index contributed by atoms with van der Waals surface area (Å²) >= 11 is 5.93. The van der Waals surface area contributed by atoms with E-state index in [1.54, 1.807) is 40.3 Å². The number of methoxy groups -OCH3 is 1. The number of nitrogens with zero attached hydrogens (tertiary/aromatic N) is 7. The summed E-state index contributed by atoms with van der Waals surface area (Å²) in [6, 6.07) is 6.65. The summed E-state index contributed by atoms with van der Waals surface area (Å²) in [5.41, 5.74) is 1.23. The molecule has 0 spiro atoms. The third kappa shape index (κ3) is 6.48. The van der Waals surface area contributed by atoms with E-state index >= 15 is 0 Å². The number of halogens is 1. The largest absolute Gasteiger partial charge is 0.383 e. The molecule has 13 nitrogen and oxygen atoms in total. The Kier molecular flexibility index (Phi) is 9.53. The number of imidazole rings is 1. The van der Waals surface area contributed by atoms with Crippen LogP contribution in [0.3, 0.4) is 0 Å². The summed E-state index contributed by atoms with van der Waals surface area (Å²) in [6.07, 6.45) is 4.56. The number of fused-ring (bicyclic) bond motifs is 1. The maximum atomic E-state index is 13.5. The zero-order valence-corrected chi connectivity index (χ0v) is 25.0. The molecular weight excluding hydrogens is 576 g/mol. The second-order valence-corrected chi connectivity index (χ2v) is 10.8. The van der Waals surface area contributed by atoms with Gasteiger partial charge in [-0.2, -0.15) is 0 Å². The maximum absolute atomic E-state index is 13.5. The number of aromatic nitrogens is 4. The van der Waals surface area contributed by atoms with Crippen LogP contribution in [0.15, 0.2) is 36.7 Å². The fraction of sp³-hybridized carbons (Fsp3) is 0.448. The van der Waals surface area contributed by atoms with Crippen molar-refractivity contribution in [2.45, 2.75) is 39.0 Å². The maximum Gasteiger partial charge on any atom is 0.277 e. The van der Waals surface area contributed by atoms with Gasteiger partial charge in [-0.3, -0.25) is 24.2 Å². The molecule has 5 heterocycles. The normalized spacial score (nSPS) is 16.7. The van der Waals surface area contributed by atoms with E-state index in [0.717, 1.165) is 19.4 Å². The molecule has 14 heteroatoms. The van der Waals surface area contributed by atoms with Gasteiger partial charge in [-0.1, -0.05) is 18.5 Å². The molecule has 1 fully saturated rings. The predicted molar refractivity (Wildman–Crippen MR) is 160 cm³/mol. The zero-order valence-electron chi connectivity index (χ0n) is 24.2. The van der Waals surface area contributed by atoms with Crippen LogP contribution in [0.1, 0.15) is 53.5 Å². The van der Waals surface area contributed by atoms with Gasteiger partial charge in [0.2, 0.25) is 12.3 Å². The lowest BCUT2D eigenvalue weighted by Crippen LogP contribution is -2.56. The van der Waals surface area contributed by atoms with Gasteiger partial charge in [0, 0.05) is 64.2 Å². The number of carbonyl (C=O) groups is 3. The summed E-state index contributed by atoms with van der Waals surface area (Å²) in [4.78, 5) is 61.6. The number of H-pyrrole nitrogens is 1. The summed E-state index contributed by atoms with van der Waals surface area (Å²) in [6.45, 7) is 4.59. The van der Waals surface area contributed by atoms with E-state index in [2.05, 4.69) is 19.9 Å². The van der Waals surface area contributed by atoms with Crippen molar-refractivity contribution < 1.29 is 24.2 Å². The minimum atomic E-state index is -1.16. The van der Waals surface area contributed by atoms with E-state index in [1.165, 1.54) is 18.2 Å². The Morgan fingerprint density at radius 1 is 1.14 bits per heavy atom. The molecule has 3 aromatic rings. The smallest absolute Gasteiger partial charge is 0.277 e. The first-order valence-corrected chi connectivity index (χ1v) is 14.7. The molecule has 0 radical (unpaired) electrons. The molecule has 1 unspecified atom stereocenters. The Labute approximate surface area is 254 Å². The first-order valence-electron chi connectivity index (χ1n) is 14.3. The highest BCUT2D eigenvalue weighted by Gasteiger charge is 2.39. The van der Waals surface area contributed by atoms with Gasteiger partial charge in [0.1, 0.15) is 22.5 Å². The lowest BCUT2D eigenvalue weighted by Gasteiger charge is -2.39. The number of pyridine rings is 2. The summed E-state index contributed by atoms with van der Waals surface area (Å²) in [5.74, 6) is 0.658. The van der Waals surface area contributed by atoms with Crippen molar-refractivity contribution >= 4 is 41.0 Å². The fourth-order valence-electron chi connectivity index (χ4n) is 5.28. The van der Waals surface area contributed by atoms with Gasteiger partial charge < -0.3 is 24.6 Å². The Bertz CT molecular complexity index is 1450. The number of amides is 3. The van der Waals surface area contributed by atoms with Crippen LogP contribution in [-0.2, 0) is 9.53 Å². The van der Waals surface area contributed by atoms with Crippen LogP contribution in [0.2, 0.25) is 5.15 Å². The van der Waals surface area contributed by atoms with Crippen LogP contribution >= 0.6 is 11.6 Å². The summed E-state index contributed by atoms with van der Waals surface area (Å²) in [5, 5.41) is 11.2. The van der Waals surface area contributed by atoms with E-state index < -0.39 is 6.35 Å². The van der Waals surface area contributed by atoms with Crippen molar-refractivity contribution in [2.24, 2.45) is 0 Å². The molecule has 3 amide bonds. The Balaban J connectivity index is 1.40. The van der Waals surface area contributed by atoms with Gasteiger partial charge in [-0.15, -0.1) is 0 Å². The quantitative estimate of drug-likeness (QED) is 0.295. The zero-order chi connectivity index (χ0) is 30.5. The number of rotatable bonds is 12. The SMILES string of the molecule is CCCN1c2nc(-c3ccc(N(CCCN4CCCC4=O)C(=O)c4ccc(Cl)nc4)nc3)[nH]c2C(=O)N(CCOC)C1O. The molecule has 0 aliphatic carbocycles. The molecule has 43 heavy (non-hydrogen) atoms. The number of aliphatic hydroxyl groups excluding tert-OH is 1. The molecule has 5 rings (SSSR count). The standard InChI is InChI=1S/C29H35ClN8O5/c1-3-11-37-26-24(28(41)38(29(37)42)15-16-43-2)33-25(34-26)19-8-10-22(32-17-19)36(14-5-13-35-12-4-6-23(35)39)27(40)20-7-9-21(30)31-18-20/h7-10,17-18,29,42H,3-6,11-16H2,1-2H3,(H,33,34). The van der Waals surface area contributed by atoms with Crippen LogP contribution in [0.4, 0.5) is 11.6 Å². The van der Waals surface area contributed by atoms with Crippen molar-refractivity contribution in [1.82, 2.24) is 29.7 Å². The van der Waals surface area contributed by atoms with E-state index in [4.69, 9.17) is 16.3 Å². The van der Waals surface area contributed by atoms with Crippen LogP contribution in [0.5, 0.6) is 0 Å². The molecule has 2 N–H and O–H groups in total. The monoisotopic (exact) mass is 610 g/mol. The Morgan fingerprint density at radius 3 is 2.63 bits per heavy atom. The molecule has 0 saturated carbocycles. The average Bonchev–Trinajstić information content (AvgIpc) is 3.64. The number of likely N-dealkylation sites (tertiary alicyclic amines) is 1. The minimum absolute atomic E-state index is 0.133. The number of aliphatic hydroxyl groups is 1. The molecular formula is C29H35ClN8O5. The Hall–Kier alpha value is -4.07. The minimum Gasteiger partial charge on any atom is -0.383 e. The number of anilines is 2. The van der Waals surface area contributed by atoms with E-state index in [1.807, 2.05) is 11.8 Å².